The van der Waals surface area contributed by atoms with Gasteiger partial charge in [-0.3, -0.25) is 19.2 Å². The Bertz CT molecular complexity index is 5430. The van der Waals surface area contributed by atoms with Gasteiger partial charge < -0.3 is 43.4 Å². The summed E-state index contributed by atoms with van der Waals surface area (Å²) in [4.78, 5) is 104. The Balaban J connectivity index is 0.000000112. The number of carbonyl (C=O) groups is 4. The molecule has 19 heterocycles. The molecule has 30 heteroatoms. The number of carbonyl (C=O) groups excluding carboxylic acids is 4. The largest absolute Gasteiger partial charge is 0.477 e. The second kappa shape index (κ2) is 34.2. The summed E-state index contributed by atoms with van der Waals surface area (Å²) in [5.74, 6) is 3.65. The molecule has 12 unspecified atom stereocenters. The predicted octanol–water partition coefficient (Wildman–Crippen LogP) is 11.1. The number of ether oxygens (including phenoxy) is 4. The van der Waals surface area contributed by atoms with Crippen molar-refractivity contribution < 1.29 is 38.1 Å². The van der Waals surface area contributed by atoms with E-state index in [9.17, 15) is 19.2 Å². The van der Waals surface area contributed by atoms with Crippen molar-refractivity contribution >= 4 is 40.2 Å². The summed E-state index contributed by atoms with van der Waals surface area (Å²) >= 11 is 0. The van der Waals surface area contributed by atoms with Crippen LogP contribution in [0, 0.1) is 44.4 Å². The molecule has 8 aliphatic rings. The number of amides is 4. The van der Waals surface area contributed by atoms with Gasteiger partial charge in [0.2, 0.25) is 23.5 Å². The second-order valence-corrected chi connectivity index (χ2v) is 31.4. The Morgan fingerprint density at radius 3 is 1.20 bits per heavy atom. The Labute approximate surface area is 676 Å². The van der Waals surface area contributed by atoms with Gasteiger partial charge in [0.05, 0.1) is 74.8 Å². The number of aromatic nitrogens is 17. The summed E-state index contributed by atoms with van der Waals surface area (Å²) in [5.41, 5.74) is 8.03. The van der Waals surface area contributed by atoms with Crippen molar-refractivity contribution in [3.63, 3.8) is 0 Å². The monoisotopic (exact) mass is 1570 g/mol. The van der Waals surface area contributed by atoms with Crippen molar-refractivity contribution in [3.8, 4) is 40.6 Å². The maximum Gasteiger partial charge on any atom is 0.275 e. The van der Waals surface area contributed by atoms with Gasteiger partial charge in [-0.1, -0.05) is 42.5 Å². The summed E-state index contributed by atoms with van der Waals surface area (Å²) < 4.78 is 23.6. The Kier molecular flexibility index (Phi) is 22.4. The van der Waals surface area contributed by atoms with E-state index in [1.807, 2.05) is 182 Å². The van der Waals surface area contributed by atoms with Crippen molar-refractivity contribution in [2.75, 3.05) is 45.4 Å². The molecule has 1 aromatic carbocycles. The van der Waals surface area contributed by atoms with Crippen LogP contribution in [0.3, 0.4) is 0 Å². The van der Waals surface area contributed by atoms with Crippen LogP contribution in [0.15, 0.2) is 202 Å². The van der Waals surface area contributed by atoms with Gasteiger partial charge in [-0.15, -0.1) is 14.4 Å². The lowest BCUT2D eigenvalue weighted by Gasteiger charge is -2.26. The third-order valence-electron chi connectivity index (χ3n) is 24.0. The van der Waals surface area contributed by atoms with Crippen LogP contribution in [-0.2, 0) is 0 Å². The van der Waals surface area contributed by atoms with Gasteiger partial charge in [0, 0.05) is 159 Å². The first-order chi connectivity index (χ1) is 57.2. The highest BCUT2D eigenvalue weighted by Crippen LogP contribution is 2.47. The predicted molar refractivity (Wildman–Crippen MR) is 431 cm³/mol. The van der Waals surface area contributed by atoms with Crippen LogP contribution in [0.5, 0.6) is 23.5 Å². The topological polar surface area (TPSA) is 317 Å². The number of nitrogens with zero attached hydrogens (tertiary/aromatic N) is 22. The molecule has 11 aromatic heterocycles. The summed E-state index contributed by atoms with van der Waals surface area (Å²) in [6.07, 6.45) is 31.9. The molecular formula is C87H92N22O8. The van der Waals surface area contributed by atoms with E-state index in [-0.39, 0.29) is 77.9 Å². The zero-order valence-corrected chi connectivity index (χ0v) is 65.9. The number of benzene rings is 1. The molecule has 0 saturated carbocycles. The number of hydrogen-bond acceptors (Lipinski definition) is 23. The maximum absolute atomic E-state index is 13.8. The number of anilines is 1. The van der Waals surface area contributed by atoms with Crippen molar-refractivity contribution in [3.05, 3.63) is 241 Å². The highest BCUT2D eigenvalue weighted by atomic mass is 16.5. The van der Waals surface area contributed by atoms with E-state index < -0.39 is 0 Å². The molecule has 0 N–H and O–H groups in total. The molecule has 117 heavy (non-hydrogen) atoms. The van der Waals surface area contributed by atoms with Crippen molar-refractivity contribution in [1.82, 2.24) is 104 Å². The molecule has 8 aliphatic heterocycles. The van der Waals surface area contributed by atoms with Crippen LogP contribution < -0.4 is 23.8 Å². The summed E-state index contributed by atoms with van der Waals surface area (Å²) in [7, 11) is 3.90. The molecule has 12 aromatic rings. The Hall–Kier alpha value is -13.0. The lowest BCUT2D eigenvalue weighted by Crippen LogP contribution is -2.38. The molecule has 8 fully saturated rings. The first-order valence-corrected chi connectivity index (χ1v) is 40.3. The lowest BCUT2D eigenvalue weighted by molar-refractivity contribution is 0.0695. The number of rotatable bonds is 20. The SMILES string of the molecule is Cc1ccc(N(C)C)c(C(=O)N2C3CCC2C(COc2ccccn2)C3)n1.Cc1ccnc(C(=O)N2C3CCC2C(COc2ccccn2)C3)c1-n1nccn1.Cc1cnc(C(=O)N2C3CCC2C(COc2ccccn2)C3)c(-n2nccn2)c1.O=C(c1nc2ccccc2cc1-n1nccn1)N1C2CCC1C(COc1ccccn1)C2. The minimum absolute atomic E-state index is 0.0474. The van der Waals surface area contributed by atoms with Crippen LogP contribution in [-0.4, -0.2) is 217 Å². The highest BCUT2D eigenvalue weighted by molar-refractivity contribution is 6.01. The van der Waals surface area contributed by atoms with Crippen LogP contribution in [0.2, 0.25) is 0 Å². The van der Waals surface area contributed by atoms with E-state index in [2.05, 4.69) is 70.4 Å². The normalized spacial score (nSPS) is 22.7. The van der Waals surface area contributed by atoms with Gasteiger partial charge in [0.1, 0.15) is 17.1 Å². The maximum atomic E-state index is 13.8. The third kappa shape index (κ3) is 16.2. The highest BCUT2D eigenvalue weighted by Gasteiger charge is 2.54. The van der Waals surface area contributed by atoms with Crippen LogP contribution in [0.1, 0.15) is 136 Å². The van der Waals surface area contributed by atoms with E-state index in [4.69, 9.17) is 23.9 Å². The van der Waals surface area contributed by atoms with E-state index >= 15 is 0 Å². The lowest BCUT2D eigenvalue weighted by atomic mass is 9.90. The van der Waals surface area contributed by atoms with E-state index in [1.165, 1.54) is 14.4 Å². The summed E-state index contributed by atoms with van der Waals surface area (Å²) in [6, 6.07) is 41.7. The first-order valence-electron chi connectivity index (χ1n) is 40.3. The molecule has 8 saturated heterocycles. The van der Waals surface area contributed by atoms with Gasteiger partial charge in [-0.05, 0) is 170 Å². The quantitative estimate of drug-likeness (QED) is 0.0684. The van der Waals surface area contributed by atoms with Crippen LogP contribution in [0.25, 0.3) is 28.0 Å². The molecule has 0 aliphatic carbocycles. The van der Waals surface area contributed by atoms with Gasteiger partial charge in [-0.25, -0.2) is 39.9 Å². The standard InChI is InChI=1S/C24H22N6O2.2C21H22N6O2.C21H26N4O2/c31-24(23-21(30-26-11-12-27-30)14-16-5-1-2-6-19(16)28-23)29-18-8-9-20(29)17(13-18)15-32-22-7-3-4-10-25-22;1-14-7-9-23-19(20(14)27-24-10-11-25-27)21(28)26-16-5-6-17(26)15(12-16)13-29-18-4-2-3-8-22-18;1-14-10-18(27-24-8-9-25-27)20(23-12-14)21(28)26-16-5-6-17(26)15(11-16)13-29-19-4-2-3-7-22-19;1-14-7-9-18(24(2)3)20(23-14)21(26)25-16-8-10-17(25)15(12-16)13-27-19-6-4-5-11-22-19/h1-7,10-12,14,17-18,20H,8-9,13,15H2;2-4,7-11,15-17H,5-6,12-13H2,1H3;2-4,7-10,12,15-17H,5-6,11,13H2,1H3;4-7,9,11,15-17H,8,10,12-13H2,1-3H3. The smallest absolute Gasteiger partial charge is 0.275 e. The number of hydrogen-bond donors (Lipinski definition) is 0. The molecule has 12 atom stereocenters. The average molecular weight is 1570 g/mol. The molecule has 30 nitrogen and oxygen atoms in total. The number of para-hydroxylation sites is 1. The molecule has 4 amide bonds. The fourth-order valence-corrected chi connectivity index (χ4v) is 18.7. The summed E-state index contributed by atoms with van der Waals surface area (Å²) in [6.45, 7) is 8.11. The molecule has 0 spiro atoms. The first kappa shape index (κ1) is 76.6. The fourth-order valence-electron chi connectivity index (χ4n) is 18.7. The molecular weight excluding hydrogens is 1480 g/mol. The van der Waals surface area contributed by atoms with E-state index in [1.54, 1.807) is 74.4 Å². The van der Waals surface area contributed by atoms with Crippen molar-refractivity contribution in [1.29, 1.82) is 0 Å². The molecule has 0 radical (unpaired) electrons. The van der Waals surface area contributed by atoms with Crippen molar-refractivity contribution in [2.45, 2.75) is 146 Å². The number of pyridine rings is 8. The van der Waals surface area contributed by atoms with Crippen LogP contribution in [0.4, 0.5) is 5.69 Å². The van der Waals surface area contributed by atoms with Crippen molar-refractivity contribution in [2.24, 2.45) is 23.7 Å². The number of fused-ring (bicyclic) bond motifs is 9. The Morgan fingerprint density at radius 1 is 0.376 bits per heavy atom. The Morgan fingerprint density at radius 2 is 0.769 bits per heavy atom. The van der Waals surface area contributed by atoms with E-state index in [0.29, 0.717) is 108 Å². The zero-order chi connectivity index (χ0) is 80.0. The van der Waals surface area contributed by atoms with E-state index in [0.717, 1.165) is 110 Å². The fraction of sp³-hybridized carbons (Fsp3) is 0.379. The zero-order valence-electron chi connectivity index (χ0n) is 65.9. The van der Waals surface area contributed by atoms with Gasteiger partial charge in [-0.2, -0.15) is 30.6 Å². The molecule has 598 valence electrons. The average Bonchev–Trinajstić information content (AvgIpc) is 1.63. The van der Waals surface area contributed by atoms with Gasteiger partial charge in [0.15, 0.2) is 22.8 Å². The van der Waals surface area contributed by atoms with Crippen LogP contribution >= 0.6 is 0 Å². The minimum atomic E-state index is -0.0594. The molecule has 8 bridgehead atoms. The van der Waals surface area contributed by atoms with Gasteiger partial charge in [0.25, 0.3) is 23.6 Å². The second-order valence-electron chi connectivity index (χ2n) is 31.4. The third-order valence-corrected chi connectivity index (χ3v) is 24.0. The number of aryl methyl sites for hydroxylation is 3. The van der Waals surface area contributed by atoms with Gasteiger partial charge >= 0.3 is 0 Å². The minimum Gasteiger partial charge on any atom is -0.477 e. The molecule has 20 rings (SSSR count). The summed E-state index contributed by atoms with van der Waals surface area (Å²) in [5, 5.41) is 26.3.